The molecular weight excluding hydrogens is 520 g/mol. The molecule has 0 aliphatic heterocycles. The molecular formula is C32H42N4O3S. The van der Waals surface area contributed by atoms with Gasteiger partial charge in [-0.05, 0) is 63.1 Å². The third kappa shape index (κ3) is 8.26. The number of thiazole rings is 1. The number of rotatable bonds is 9. The van der Waals surface area contributed by atoms with E-state index < -0.39 is 5.60 Å². The number of amides is 1. The van der Waals surface area contributed by atoms with Gasteiger partial charge in [0.25, 0.3) is 0 Å². The smallest absolute Gasteiger partial charge is 0.414 e. The van der Waals surface area contributed by atoms with Crippen LogP contribution in [0.3, 0.4) is 0 Å². The highest BCUT2D eigenvalue weighted by molar-refractivity contribution is 7.21. The summed E-state index contributed by atoms with van der Waals surface area (Å²) in [5.74, 6) is 0.929. The first-order chi connectivity index (χ1) is 19.1. The molecule has 0 atom stereocenters. The molecule has 214 valence electrons. The Morgan fingerprint density at radius 3 is 2.20 bits per heavy atom. The predicted molar refractivity (Wildman–Crippen MR) is 169 cm³/mol. The molecule has 0 spiro atoms. The van der Waals surface area contributed by atoms with E-state index in [1.165, 1.54) is 0 Å². The Balaban J connectivity index is 0.00000216. The minimum Gasteiger partial charge on any atom is -0.443 e. The summed E-state index contributed by atoms with van der Waals surface area (Å²) in [6, 6.07) is 18.4. The third-order valence-corrected chi connectivity index (χ3v) is 6.84. The minimum absolute atomic E-state index is 0.384. The van der Waals surface area contributed by atoms with Crippen LogP contribution in [0.1, 0.15) is 48.0 Å². The molecule has 0 bridgehead atoms. The number of pyridine rings is 1. The quantitative estimate of drug-likeness (QED) is 0.191. The van der Waals surface area contributed by atoms with Gasteiger partial charge in [0.15, 0.2) is 0 Å². The summed E-state index contributed by atoms with van der Waals surface area (Å²) in [5.41, 5.74) is 4.30. The molecule has 1 amide bonds. The first kappa shape index (κ1) is 31.0. The molecule has 0 saturated carbocycles. The fraction of sp³-hybridized carbons (Fsp3) is 0.406. The lowest BCUT2D eigenvalue weighted by molar-refractivity contribution is 0.0560. The Morgan fingerprint density at radius 2 is 1.60 bits per heavy atom. The second-order valence-electron chi connectivity index (χ2n) is 10.3. The lowest BCUT2D eigenvalue weighted by atomic mass is 10.1. The molecule has 2 aromatic carbocycles. The highest BCUT2D eigenvalue weighted by Gasteiger charge is 2.24. The van der Waals surface area contributed by atoms with Crippen molar-refractivity contribution in [2.24, 2.45) is 0 Å². The van der Waals surface area contributed by atoms with Crippen LogP contribution in [0.4, 0.5) is 16.3 Å². The average molecular weight is 563 g/mol. The fourth-order valence-corrected chi connectivity index (χ4v) is 4.88. The standard InChI is InChI=1S/C30H36N4O3S.C2H6/c1-7-17-36-18-16-34(29(35)37-30(2,3)4)24-13-14-25-26(19-24)38-28(32-25)22-10-8-21(9-11-22)23-12-15-27(31-20-23)33(5)6;1-2/h8-15,19-20H,7,16-18H2,1-6H3;1-2H3. The van der Waals surface area contributed by atoms with Gasteiger partial charge in [0.05, 0.1) is 23.4 Å². The molecule has 0 aliphatic carbocycles. The summed E-state index contributed by atoms with van der Waals surface area (Å²) < 4.78 is 12.3. The number of carbonyl (C=O) groups is 1. The Hall–Kier alpha value is -3.49. The Kier molecular flexibility index (Phi) is 11.0. The maximum Gasteiger partial charge on any atom is 0.414 e. The Bertz CT molecular complexity index is 1360. The first-order valence-electron chi connectivity index (χ1n) is 13.9. The number of carbonyl (C=O) groups excluding carboxylic acids is 1. The summed E-state index contributed by atoms with van der Waals surface area (Å²) in [4.78, 5) is 26.0. The molecule has 8 heteroatoms. The number of benzene rings is 2. The number of hydrogen-bond donors (Lipinski definition) is 0. The van der Waals surface area contributed by atoms with E-state index in [1.54, 1.807) is 16.2 Å². The summed E-state index contributed by atoms with van der Waals surface area (Å²) in [6.07, 6.45) is 2.45. The van der Waals surface area contributed by atoms with Gasteiger partial charge in [-0.3, -0.25) is 4.90 Å². The van der Waals surface area contributed by atoms with Gasteiger partial charge in [0.1, 0.15) is 16.4 Å². The van der Waals surface area contributed by atoms with Gasteiger partial charge in [0.2, 0.25) is 0 Å². The fourth-order valence-electron chi connectivity index (χ4n) is 3.88. The van der Waals surface area contributed by atoms with E-state index in [0.717, 1.165) is 49.8 Å². The summed E-state index contributed by atoms with van der Waals surface area (Å²) in [7, 11) is 3.96. The maximum atomic E-state index is 13.0. The van der Waals surface area contributed by atoms with Crippen LogP contribution in [-0.2, 0) is 9.47 Å². The van der Waals surface area contributed by atoms with Crippen molar-refractivity contribution in [1.82, 2.24) is 9.97 Å². The van der Waals surface area contributed by atoms with Crippen LogP contribution in [0.2, 0.25) is 0 Å². The largest absolute Gasteiger partial charge is 0.443 e. The predicted octanol–water partition coefficient (Wildman–Crippen LogP) is 8.29. The van der Waals surface area contributed by atoms with Crippen molar-refractivity contribution in [2.75, 3.05) is 43.7 Å². The van der Waals surface area contributed by atoms with E-state index >= 15 is 0 Å². The van der Waals surface area contributed by atoms with E-state index in [9.17, 15) is 4.79 Å². The van der Waals surface area contributed by atoms with E-state index in [4.69, 9.17) is 14.5 Å². The van der Waals surface area contributed by atoms with Crippen LogP contribution >= 0.6 is 11.3 Å². The van der Waals surface area contributed by atoms with Crippen LogP contribution in [-0.4, -0.2) is 55.5 Å². The van der Waals surface area contributed by atoms with Gasteiger partial charge in [-0.25, -0.2) is 14.8 Å². The van der Waals surface area contributed by atoms with Gasteiger partial charge in [0, 0.05) is 43.7 Å². The van der Waals surface area contributed by atoms with Crippen LogP contribution in [0.5, 0.6) is 0 Å². The minimum atomic E-state index is -0.585. The van der Waals surface area contributed by atoms with E-state index in [2.05, 4.69) is 42.2 Å². The van der Waals surface area contributed by atoms with Crippen LogP contribution < -0.4 is 9.80 Å². The molecule has 7 nitrogen and oxygen atoms in total. The zero-order valence-electron chi connectivity index (χ0n) is 25.0. The van der Waals surface area contributed by atoms with Crippen molar-refractivity contribution in [2.45, 2.75) is 53.6 Å². The molecule has 40 heavy (non-hydrogen) atoms. The van der Waals surface area contributed by atoms with E-state index in [1.807, 2.05) is 84.1 Å². The molecule has 2 aromatic heterocycles. The number of fused-ring (bicyclic) bond motifs is 1. The molecule has 0 aliphatic rings. The third-order valence-electron chi connectivity index (χ3n) is 5.78. The molecule has 0 saturated heterocycles. The summed E-state index contributed by atoms with van der Waals surface area (Å²) in [5, 5.41) is 0.930. The van der Waals surface area contributed by atoms with Gasteiger partial charge in [-0.1, -0.05) is 45.0 Å². The van der Waals surface area contributed by atoms with Crippen molar-refractivity contribution < 1.29 is 14.3 Å². The van der Waals surface area contributed by atoms with Gasteiger partial charge >= 0.3 is 6.09 Å². The SMILES string of the molecule is CC.CCCOCCN(C(=O)OC(C)(C)C)c1ccc2nc(-c3ccc(-c4ccc(N(C)C)nc4)cc3)sc2c1. The average Bonchev–Trinajstić information content (AvgIpc) is 3.37. The topological polar surface area (TPSA) is 67.8 Å². The Labute approximate surface area is 242 Å². The second-order valence-corrected chi connectivity index (χ2v) is 11.3. The number of hydrogen-bond acceptors (Lipinski definition) is 7. The van der Waals surface area contributed by atoms with Crippen molar-refractivity contribution in [1.29, 1.82) is 0 Å². The lowest BCUT2D eigenvalue weighted by Crippen LogP contribution is -2.38. The van der Waals surface area contributed by atoms with E-state index in [-0.39, 0.29) is 6.09 Å². The number of anilines is 2. The summed E-state index contributed by atoms with van der Waals surface area (Å²) in [6.45, 7) is 13.2. The molecule has 4 aromatic rings. The van der Waals surface area contributed by atoms with E-state index in [0.29, 0.717) is 19.8 Å². The monoisotopic (exact) mass is 562 g/mol. The molecule has 4 rings (SSSR count). The van der Waals surface area contributed by atoms with Crippen molar-refractivity contribution in [3.63, 3.8) is 0 Å². The lowest BCUT2D eigenvalue weighted by Gasteiger charge is -2.27. The van der Waals surface area contributed by atoms with Crippen LogP contribution in [0.15, 0.2) is 60.8 Å². The first-order valence-corrected chi connectivity index (χ1v) is 14.7. The highest BCUT2D eigenvalue weighted by atomic mass is 32.1. The van der Waals surface area contributed by atoms with Crippen molar-refractivity contribution >= 4 is 39.2 Å². The zero-order valence-corrected chi connectivity index (χ0v) is 25.8. The van der Waals surface area contributed by atoms with Crippen LogP contribution in [0, 0.1) is 0 Å². The van der Waals surface area contributed by atoms with Gasteiger partial charge in [-0.15, -0.1) is 11.3 Å². The Morgan fingerprint density at radius 1 is 0.925 bits per heavy atom. The van der Waals surface area contributed by atoms with Gasteiger partial charge in [-0.2, -0.15) is 0 Å². The molecule has 0 fully saturated rings. The number of nitrogens with zero attached hydrogens (tertiary/aromatic N) is 4. The molecule has 0 N–H and O–H groups in total. The molecule has 0 unspecified atom stereocenters. The highest BCUT2D eigenvalue weighted by Crippen LogP contribution is 2.34. The maximum absolute atomic E-state index is 13.0. The summed E-state index contributed by atoms with van der Waals surface area (Å²) >= 11 is 1.61. The molecule has 0 radical (unpaired) electrons. The van der Waals surface area contributed by atoms with Gasteiger partial charge < -0.3 is 14.4 Å². The normalized spacial score (nSPS) is 11.1. The number of aromatic nitrogens is 2. The molecule has 2 heterocycles. The van der Waals surface area contributed by atoms with Crippen molar-refractivity contribution in [3.05, 3.63) is 60.8 Å². The van der Waals surface area contributed by atoms with Crippen LogP contribution in [0.25, 0.3) is 31.9 Å². The zero-order chi connectivity index (χ0) is 29.3. The second kappa shape index (κ2) is 14.2. The number of ether oxygens (including phenoxy) is 2. The van der Waals surface area contributed by atoms with Crippen molar-refractivity contribution in [3.8, 4) is 21.7 Å².